The molecule has 3 heterocycles. The van der Waals surface area contributed by atoms with Gasteiger partial charge in [-0.2, -0.15) is 0 Å². The number of anilines is 1. The van der Waals surface area contributed by atoms with Gasteiger partial charge in [0, 0.05) is 49.0 Å². The molecule has 3 aliphatic heterocycles. The molecule has 8 heteroatoms. The van der Waals surface area contributed by atoms with E-state index in [0.29, 0.717) is 60.4 Å². The summed E-state index contributed by atoms with van der Waals surface area (Å²) in [5, 5.41) is 0.706. The first-order valence-electron chi connectivity index (χ1n) is 13.4. The smallest absolute Gasteiger partial charge is 0.254 e. The zero-order chi connectivity index (χ0) is 27.3. The molecule has 0 aliphatic carbocycles. The van der Waals surface area contributed by atoms with Crippen molar-refractivity contribution in [3.8, 4) is 11.5 Å². The van der Waals surface area contributed by atoms with Gasteiger partial charge >= 0.3 is 0 Å². The number of benzene rings is 3. The van der Waals surface area contributed by atoms with Crippen LogP contribution < -0.4 is 14.4 Å². The molecule has 0 spiro atoms. The third-order valence-corrected chi connectivity index (χ3v) is 8.63. The number of carbonyl (C=O) groups is 2. The molecule has 0 unspecified atom stereocenters. The lowest BCUT2D eigenvalue weighted by atomic mass is 9.75. The molecular formula is C31H32ClN3O4. The van der Waals surface area contributed by atoms with E-state index in [9.17, 15) is 9.59 Å². The van der Waals surface area contributed by atoms with Crippen LogP contribution in [0.3, 0.4) is 0 Å². The number of halogens is 1. The van der Waals surface area contributed by atoms with E-state index in [1.54, 1.807) is 20.3 Å². The van der Waals surface area contributed by atoms with Crippen molar-refractivity contribution in [2.75, 3.05) is 51.8 Å². The van der Waals surface area contributed by atoms with E-state index in [4.69, 9.17) is 21.1 Å². The van der Waals surface area contributed by atoms with Crippen molar-refractivity contribution < 1.29 is 19.1 Å². The molecule has 3 aromatic carbocycles. The van der Waals surface area contributed by atoms with E-state index in [1.165, 1.54) is 5.56 Å². The molecule has 0 saturated carbocycles. The first kappa shape index (κ1) is 25.6. The van der Waals surface area contributed by atoms with E-state index < -0.39 is 5.92 Å². The van der Waals surface area contributed by atoms with Crippen LogP contribution in [0.5, 0.6) is 11.5 Å². The lowest BCUT2D eigenvalue weighted by Gasteiger charge is -2.47. The van der Waals surface area contributed by atoms with Gasteiger partial charge in [-0.15, -0.1) is 0 Å². The first-order valence-corrected chi connectivity index (χ1v) is 13.7. The third-order valence-electron chi connectivity index (χ3n) is 8.40. The number of piperazine rings is 1. The van der Waals surface area contributed by atoms with Crippen LogP contribution in [-0.4, -0.2) is 68.6 Å². The average molecular weight is 546 g/mol. The summed E-state index contributed by atoms with van der Waals surface area (Å²) in [6.07, 6.45) is 0.763. The first-order chi connectivity index (χ1) is 18.9. The molecule has 7 nitrogen and oxygen atoms in total. The summed E-state index contributed by atoms with van der Waals surface area (Å²) in [7, 11) is 3.13. The number of amides is 2. The Kier molecular flexibility index (Phi) is 6.63. The summed E-state index contributed by atoms with van der Waals surface area (Å²) >= 11 is 6.29. The Morgan fingerprint density at radius 2 is 1.62 bits per heavy atom. The van der Waals surface area contributed by atoms with E-state index in [2.05, 4.69) is 24.0 Å². The molecule has 202 valence electrons. The molecule has 2 atom stereocenters. The Bertz CT molecular complexity index is 1450. The third kappa shape index (κ3) is 4.29. The molecule has 0 N–H and O–H groups in total. The highest BCUT2D eigenvalue weighted by molar-refractivity contribution is 6.30. The molecule has 6 rings (SSSR count). The molecule has 3 aliphatic rings. The number of nitrogens with zero attached hydrogens (tertiary/aromatic N) is 3. The second-order valence-corrected chi connectivity index (χ2v) is 10.8. The highest BCUT2D eigenvalue weighted by Gasteiger charge is 2.48. The number of carbonyl (C=O) groups excluding carboxylic acids is 2. The number of hydrogen-bond acceptors (Lipinski definition) is 5. The Labute approximate surface area is 233 Å². The quantitative estimate of drug-likeness (QED) is 0.469. The minimum Gasteiger partial charge on any atom is -0.493 e. The van der Waals surface area contributed by atoms with Gasteiger partial charge in [0.25, 0.3) is 5.91 Å². The van der Waals surface area contributed by atoms with Gasteiger partial charge in [-0.1, -0.05) is 41.9 Å². The van der Waals surface area contributed by atoms with Gasteiger partial charge in [0.2, 0.25) is 5.91 Å². The normalized spacial score (nSPS) is 20.2. The van der Waals surface area contributed by atoms with Gasteiger partial charge in [0.15, 0.2) is 11.5 Å². The van der Waals surface area contributed by atoms with Crippen molar-refractivity contribution in [3.63, 3.8) is 0 Å². The number of rotatable bonds is 4. The van der Waals surface area contributed by atoms with Crippen LogP contribution in [0, 0.1) is 6.92 Å². The van der Waals surface area contributed by atoms with Crippen LogP contribution in [0.2, 0.25) is 5.02 Å². The molecule has 39 heavy (non-hydrogen) atoms. The molecule has 0 radical (unpaired) electrons. The maximum absolute atomic E-state index is 14.5. The zero-order valence-electron chi connectivity index (χ0n) is 22.4. The summed E-state index contributed by atoms with van der Waals surface area (Å²) in [6, 6.07) is 17.3. The van der Waals surface area contributed by atoms with E-state index in [-0.39, 0.29) is 17.9 Å². The molecule has 2 amide bonds. The SMILES string of the molecule is COc1cc2c(cc1OC)[C@@H](C(=O)N1CCN(c3cc(Cl)ccc3C)CC1)[C@@H]1c3ccccc3CCN1C2=O. The lowest BCUT2D eigenvalue weighted by molar-refractivity contribution is -0.135. The van der Waals surface area contributed by atoms with Crippen LogP contribution in [0.4, 0.5) is 5.69 Å². The summed E-state index contributed by atoms with van der Waals surface area (Å²) in [5.41, 5.74) is 5.71. The molecule has 1 fully saturated rings. The van der Waals surface area contributed by atoms with Crippen molar-refractivity contribution >= 4 is 29.1 Å². The topological polar surface area (TPSA) is 62.3 Å². The van der Waals surface area contributed by atoms with Gasteiger partial charge in [0.1, 0.15) is 0 Å². The van der Waals surface area contributed by atoms with Gasteiger partial charge in [-0.3, -0.25) is 9.59 Å². The largest absolute Gasteiger partial charge is 0.493 e. The summed E-state index contributed by atoms with van der Waals surface area (Å²) in [5.74, 6) is 0.414. The minimum absolute atomic E-state index is 0.0325. The Morgan fingerprint density at radius 1 is 0.897 bits per heavy atom. The fraction of sp³-hybridized carbons (Fsp3) is 0.355. The molecule has 0 bridgehead atoms. The Hall–Kier alpha value is -3.71. The van der Waals surface area contributed by atoms with E-state index in [1.807, 2.05) is 46.2 Å². The minimum atomic E-state index is -0.543. The summed E-state index contributed by atoms with van der Waals surface area (Å²) in [4.78, 5) is 34.4. The van der Waals surface area contributed by atoms with Crippen LogP contribution in [0.1, 0.15) is 44.6 Å². The number of methoxy groups -OCH3 is 2. The predicted octanol–water partition coefficient (Wildman–Crippen LogP) is 4.85. The highest BCUT2D eigenvalue weighted by atomic mass is 35.5. The Morgan fingerprint density at radius 3 is 2.36 bits per heavy atom. The zero-order valence-corrected chi connectivity index (χ0v) is 23.2. The van der Waals surface area contributed by atoms with Crippen molar-refractivity contribution in [2.24, 2.45) is 0 Å². The number of aryl methyl sites for hydroxylation is 1. The summed E-state index contributed by atoms with van der Waals surface area (Å²) in [6.45, 7) is 5.25. The van der Waals surface area contributed by atoms with Crippen LogP contribution in [0.25, 0.3) is 0 Å². The fourth-order valence-electron chi connectivity index (χ4n) is 6.40. The number of fused-ring (bicyclic) bond motifs is 4. The highest BCUT2D eigenvalue weighted by Crippen LogP contribution is 2.49. The van der Waals surface area contributed by atoms with Crippen molar-refractivity contribution in [1.29, 1.82) is 0 Å². The maximum Gasteiger partial charge on any atom is 0.254 e. The number of hydrogen-bond donors (Lipinski definition) is 0. The average Bonchev–Trinajstić information content (AvgIpc) is 2.97. The number of ether oxygens (including phenoxy) is 2. The van der Waals surface area contributed by atoms with Gasteiger partial charge in [-0.25, -0.2) is 0 Å². The van der Waals surface area contributed by atoms with Crippen LogP contribution in [-0.2, 0) is 11.2 Å². The van der Waals surface area contributed by atoms with Crippen LogP contribution in [0.15, 0.2) is 54.6 Å². The van der Waals surface area contributed by atoms with Crippen molar-refractivity contribution in [3.05, 3.63) is 87.4 Å². The monoisotopic (exact) mass is 545 g/mol. The Balaban J connectivity index is 1.38. The van der Waals surface area contributed by atoms with Gasteiger partial charge in [0.05, 0.1) is 26.2 Å². The standard InChI is InChI=1S/C31H32ClN3O4/c1-19-8-9-21(32)16-25(19)33-12-14-34(15-13-33)31(37)28-23-17-26(38-2)27(39-3)18-24(23)30(36)35-11-10-20-6-4-5-7-22(20)29(28)35/h4-9,16-18,28-29H,10-15H2,1-3H3/t28-,29+/m1/s1. The fourth-order valence-corrected chi connectivity index (χ4v) is 6.57. The lowest BCUT2D eigenvalue weighted by Crippen LogP contribution is -2.54. The van der Waals surface area contributed by atoms with Gasteiger partial charge in [-0.05, 0) is 59.9 Å². The van der Waals surface area contributed by atoms with Crippen molar-refractivity contribution in [2.45, 2.75) is 25.3 Å². The van der Waals surface area contributed by atoms with E-state index >= 15 is 0 Å². The molecular weight excluding hydrogens is 514 g/mol. The molecule has 3 aromatic rings. The van der Waals surface area contributed by atoms with E-state index in [0.717, 1.165) is 23.2 Å². The van der Waals surface area contributed by atoms with Crippen LogP contribution >= 0.6 is 11.6 Å². The predicted molar refractivity (Wildman–Crippen MR) is 151 cm³/mol. The molecule has 1 saturated heterocycles. The maximum atomic E-state index is 14.5. The second-order valence-electron chi connectivity index (χ2n) is 10.4. The molecule has 0 aromatic heterocycles. The van der Waals surface area contributed by atoms with Gasteiger partial charge < -0.3 is 24.2 Å². The second kappa shape index (κ2) is 10.1. The summed E-state index contributed by atoms with van der Waals surface area (Å²) < 4.78 is 11.1. The van der Waals surface area contributed by atoms with Crippen molar-refractivity contribution in [1.82, 2.24) is 9.80 Å².